The number of aromatic nitrogens is 1. The quantitative estimate of drug-likeness (QED) is 0.704. The summed E-state index contributed by atoms with van der Waals surface area (Å²) in [5.41, 5.74) is 2.23. The van der Waals surface area contributed by atoms with Crippen molar-refractivity contribution >= 4 is 11.6 Å². The topological polar surface area (TPSA) is 54.9 Å². The van der Waals surface area contributed by atoms with Crippen LogP contribution in [0.3, 0.4) is 0 Å². The molecule has 1 aliphatic heterocycles. The van der Waals surface area contributed by atoms with Crippen LogP contribution in [-0.4, -0.2) is 55.7 Å². The molecule has 1 amide bonds. The number of rotatable bonds is 7. The second-order valence-corrected chi connectivity index (χ2v) is 6.34. The zero-order chi connectivity index (χ0) is 19.1. The average Bonchev–Trinajstić information content (AvgIpc) is 2.73. The number of nitrogens with zero attached hydrogens (tertiary/aromatic N) is 3. The summed E-state index contributed by atoms with van der Waals surface area (Å²) in [4.78, 5) is 20.6. The Bertz CT molecular complexity index is 771. The summed E-state index contributed by atoms with van der Waals surface area (Å²) in [7, 11) is 1.60. The van der Waals surface area contributed by atoms with Gasteiger partial charge in [0.05, 0.1) is 7.11 Å². The van der Waals surface area contributed by atoms with Crippen LogP contribution in [0.4, 0.5) is 5.69 Å². The maximum Gasteiger partial charge on any atom is 0.260 e. The molecule has 0 unspecified atom stereocenters. The first kappa shape index (κ1) is 18.8. The molecule has 142 valence electrons. The van der Waals surface area contributed by atoms with Crippen molar-refractivity contribution in [2.45, 2.75) is 6.42 Å². The predicted octanol–water partition coefficient (Wildman–Crippen LogP) is 2.55. The third-order valence-electron chi connectivity index (χ3n) is 4.62. The monoisotopic (exact) mass is 367 g/mol. The fraction of sp³-hybridized carbons (Fsp3) is 0.333. The Morgan fingerprint density at radius 3 is 2.56 bits per heavy atom. The Kier molecular flexibility index (Phi) is 6.30. The second-order valence-electron chi connectivity index (χ2n) is 6.34. The van der Waals surface area contributed by atoms with Crippen molar-refractivity contribution in [2.24, 2.45) is 0 Å². The van der Waals surface area contributed by atoms with E-state index >= 15 is 0 Å². The van der Waals surface area contributed by atoms with Crippen molar-refractivity contribution in [1.29, 1.82) is 0 Å². The summed E-state index contributed by atoms with van der Waals surface area (Å²) >= 11 is 0. The van der Waals surface area contributed by atoms with Crippen molar-refractivity contribution in [3.63, 3.8) is 0 Å². The molecular formula is C21H25N3O3. The van der Waals surface area contributed by atoms with Crippen LogP contribution in [0.25, 0.3) is 0 Å². The number of allylic oxidation sites excluding steroid dienone is 1. The maximum atomic E-state index is 12.5. The van der Waals surface area contributed by atoms with Gasteiger partial charge < -0.3 is 19.3 Å². The first-order chi connectivity index (χ1) is 13.2. The Labute approximate surface area is 160 Å². The van der Waals surface area contributed by atoms with E-state index < -0.39 is 0 Å². The molecule has 1 aromatic carbocycles. The standard InChI is InChI=1S/C21H25N3O3/c1-3-4-17-5-6-19(20(15-17)26-2)27-16-21(25)24-13-11-23(12-14-24)18-7-9-22-10-8-18/h3,5-10,15H,1,4,11-14,16H2,2H3. The van der Waals surface area contributed by atoms with Crippen LogP contribution >= 0.6 is 0 Å². The Morgan fingerprint density at radius 2 is 1.89 bits per heavy atom. The van der Waals surface area contributed by atoms with Crippen LogP contribution in [0.1, 0.15) is 5.56 Å². The molecule has 2 aromatic rings. The lowest BCUT2D eigenvalue weighted by atomic mass is 10.1. The van der Waals surface area contributed by atoms with E-state index in [1.807, 2.05) is 41.3 Å². The normalized spacial score (nSPS) is 14.0. The summed E-state index contributed by atoms with van der Waals surface area (Å²) in [6.07, 6.45) is 6.17. The van der Waals surface area contributed by atoms with E-state index in [2.05, 4.69) is 16.5 Å². The number of hydrogen-bond acceptors (Lipinski definition) is 5. The summed E-state index contributed by atoms with van der Waals surface area (Å²) < 4.78 is 11.1. The zero-order valence-corrected chi connectivity index (χ0v) is 15.6. The van der Waals surface area contributed by atoms with Crippen LogP contribution in [0, 0.1) is 0 Å². The van der Waals surface area contributed by atoms with E-state index in [1.165, 1.54) is 0 Å². The van der Waals surface area contributed by atoms with Crippen molar-refractivity contribution in [2.75, 3.05) is 44.8 Å². The molecule has 0 radical (unpaired) electrons. The van der Waals surface area contributed by atoms with Gasteiger partial charge in [0.1, 0.15) is 0 Å². The van der Waals surface area contributed by atoms with Crippen LogP contribution in [0.15, 0.2) is 55.4 Å². The van der Waals surface area contributed by atoms with Gasteiger partial charge in [-0.15, -0.1) is 6.58 Å². The van der Waals surface area contributed by atoms with Gasteiger partial charge in [0.2, 0.25) is 0 Å². The molecule has 3 rings (SSSR count). The minimum absolute atomic E-state index is 0.00637. The maximum absolute atomic E-state index is 12.5. The summed E-state index contributed by atoms with van der Waals surface area (Å²) in [5, 5.41) is 0. The molecule has 6 heteroatoms. The van der Waals surface area contributed by atoms with E-state index in [1.54, 1.807) is 19.5 Å². The summed E-state index contributed by atoms with van der Waals surface area (Å²) in [6, 6.07) is 9.69. The Morgan fingerprint density at radius 1 is 1.15 bits per heavy atom. The van der Waals surface area contributed by atoms with Gasteiger partial charge in [0.25, 0.3) is 5.91 Å². The van der Waals surface area contributed by atoms with Crippen molar-refractivity contribution in [3.05, 3.63) is 60.9 Å². The van der Waals surface area contributed by atoms with Crippen molar-refractivity contribution in [3.8, 4) is 11.5 Å². The minimum Gasteiger partial charge on any atom is -0.493 e. The van der Waals surface area contributed by atoms with Crippen LogP contribution in [0.2, 0.25) is 0 Å². The molecule has 27 heavy (non-hydrogen) atoms. The lowest BCUT2D eigenvalue weighted by Gasteiger charge is -2.36. The third kappa shape index (κ3) is 4.78. The van der Waals surface area contributed by atoms with Gasteiger partial charge >= 0.3 is 0 Å². The number of anilines is 1. The second kappa shape index (κ2) is 9.07. The first-order valence-electron chi connectivity index (χ1n) is 9.04. The van der Waals surface area contributed by atoms with Gasteiger partial charge in [-0.25, -0.2) is 0 Å². The SMILES string of the molecule is C=CCc1ccc(OCC(=O)N2CCN(c3ccncc3)CC2)c(OC)c1. The van der Waals surface area contributed by atoms with Crippen molar-refractivity contribution in [1.82, 2.24) is 9.88 Å². The fourth-order valence-electron chi connectivity index (χ4n) is 3.12. The number of pyridine rings is 1. The number of carbonyl (C=O) groups is 1. The first-order valence-corrected chi connectivity index (χ1v) is 9.04. The highest BCUT2D eigenvalue weighted by molar-refractivity contribution is 5.78. The number of piperazine rings is 1. The lowest BCUT2D eigenvalue weighted by Crippen LogP contribution is -2.50. The molecule has 1 saturated heterocycles. The molecule has 0 spiro atoms. The molecule has 1 aromatic heterocycles. The number of methoxy groups -OCH3 is 1. The number of hydrogen-bond donors (Lipinski definition) is 0. The molecule has 1 aliphatic rings. The van der Waals surface area contributed by atoms with Crippen LogP contribution < -0.4 is 14.4 Å². The van der Waals surface area contributed by atoms with Crippen LogP contribution in [0.5, 0.6) is 11.5 Å². The Hall–Kier alpha value is -3.02. The molecule has 6 nitrogen and oxygen atoms in total. The van der Waals surface area contributed by atoms with E-state index in [0.717, 1.165) is 30.8 Å². The average molecular weight is 367 g/mol. The molecule has 0 N–H and O–H groups in total. The molecule has 0 aliphatic carbocycles. The molecule has 0 bridgehead atoms. The number of ether oxygens (including phenoxy) is 2. The van der Waals surface area contributed by atoms with E-state index in [-0.39, 0.29) is 12.5 Å². The van der Waals surface area contributed by atoms with E-state index in [0.29, 0.717) is 24.6 Å². The predicted molar refractivity (Wildman–Crippen MR) is 105 cm³/mol. The van der Waals surface area contributed by atoms with E-state index in [4.69, 9.17) is 9.47 Å². The summed E-state index contributed by atoms with van der Waals surface area (Å²) in [6.45, 7) is 6.71. The largest absolute Gasteiger partial charge is 0.493 e. The van der Waals surface area contributed by atoms with Gasteiger partial charge in [-0.2, -0.15) is 0 Å². The minimum atomic E-state index is -0.0124. The van der Waals surface area contributed by atoms with E-state index in [9.17, 15) is 4.79 Å². The van der Waals surface area contributed by atoms with Gasteiger partial charge in [0, 0.05) is 44.3 Å². The van der Waals surface area contributed by atoms with Gasteiger partial charge in [-0.05, 0) is 36.2 Å². The number of benzene rings is 1. The molecule has 1 fully saturated rings. The lowest BCUT2D eigenvalue weighted by molar-refractivity contribution is -0.133. The highest BCUT2D eigenvalue weighted by atomic mass is 16.5. The fourth-order valence-corrected chi connectivity index (χ4v) is 3.12. The molecule has 0 saturated carbocycles. The number of carbonyl (C=O) groups excluding carboxylic acids is 1. The molecule has 0 atom stereocenters. The molecular weight excluding hydrogens is 342 g/mol. The molecule has 2 heterocycles. The highest BCUT2D eigenvalue weighted by Gasteiger charge is 2.22. The zero-order valence-electron chi connectivity index (χ0n) is 15.6. The Balaban J connectivity index is 1.52. The van der Waals surface area contributed by atoms with Gasteiger partial charge in [-0.3, -0.25) is 9.78 Å². The third-order valence-corrected chi connectivity index (χ3v) is 4.62. The smallest absolute Gasteiger partial charge is 0.260 e. The van der Waals surface area contributed by atoms with Crippen LogP contribution in [-0.2, 0) is 11.2 Å². The summed E-state index contributed by atoms with van der Waals surface area (Å²) in [5.74, 6) is 1.19. The van der Waals surface area contributed by atoms with Gasteiger partial charge in [-0.1, -0.05) is 12.1 Å². The number of amides is 1. The van der Waals surface area contributed by atoms with Crippen molar-refractivity contribution < 1.29 is 14.3 Å². The van der Waals surface area contributed by atoms with Gasteiger partial charge in [0.15, 0.2) is 18.1 Å². The highest BCUT2D eigenvalue weighted by Crippen LogP contribution is 2.28.